The molecule has 0 N–H and O–H groups in total. The van der Waals surface area contributed by atoms with Crippen molar-refractivity contribution in [2.45, 2.75) is 27.7 Å². The summed E-state index contributed by atoms with van der Waals surface area (Å²) < 4.78 is 0. The van der Waals surface area contributed by atoms with Crippen LogP contribution < -0.4 is 0 Å². The Bertz CT molecular complexity index is 644. The van der Waals surface area contributed by atoms with Crippen molar-refractivity contribution < 1.29 is 9.59 Å². The number of carbonyl (C=O) groups excluding carboxylic acids is 2. The summed E-state index contributed by atoms with van der Waals surface area (Å²) in [6.07, 6.45) is 0. The standard InChI is InChI=1S/C16H16N2O2/c1-9-5-13(11(3)19)17-15(7-9)16-8-10(2)6-14(18-16)12(4)20/h5-8H,1-4H3. The van der Waals surface area contributed by atoms with Gasteiger partial charge in [0.15, 0.2) is 11.6 Å². The summed E-state index contributed by atoms with van der Waals surface area (Å²) in [5.41, 5.74) is 3.92. The highest BCUT2D eigenvalue weighted by Gasteiger charge is 2.10. The van der Waals surface area contributed by atoms with E-state index >= 15 is 0 Å². The Morgan fingerprint density at radius 2 is 1.10 bits per heavy atom. The molecule has 102 valence electrons. The van der Waals surface area contributed by atoms with Crippen LogP contribution in [0.25, 0.3) is 11.4 Å². The smallest absolute Gasteiger partial charge is 0.178 e. The normalized spacial score (nSPS) is 10.4. The lowest BCUT2D eigenvalue weighted by Crippen LogP contribution is -2.03. The zero-order valence-electron chi connectivity index (χ0n) is 12.0. The summed E-state index contributed by atoms with van der Waals surface area (Å²) in [4.78, 5) is 31.6. The van der Waals surface area contributed by atoms with Crippen molar-refractivity contribution in [1.29, 1.82) is 0 Å². The number of rotatable bonds is 3. The van der Waals surface area contributed by atoms with E-state index in [1.807, 2.05) is 26.0 Å². The van der Waals surface area contributed by atoms with E-state index in [0.717, 1.165) is 11.1 Å². The number of hydrogen-bond acceptors (Lipinski definition) is 4. The van der Waals surface area contributed by atoms with Crippen LogP contribution in [0.2, 0.25) is 0 Å². The summed E-state index contributed by atoms with van der Waals surface area (Å²) in [5, 5.41) is 0. The highest BCUT2D eigenvalue weighted by Crippen LogP contribution is 2.19. The Labute approximate surface area is 117 Å². The van der Waals surface area contributed by atoms with Gasteiger partial charge < -0.3 is 0 Å². The predicted molar refractivity (Wildman–Crippen MR) is 77.0 cm³/mol. The van der Waals surface area contributed by atoms with Crippen molar-refractivity contribution in [3.8, 4) is 11.4 Å². The van der Waals surface area contributed by atoms with Gasteiger partial charge in [-0.25, -0.2) is 9.97 Å². The van der Waals surface area contributed by atoms with E-state index < -0.39 is 0 Å². The van der Waals surface area contributed by atoms with Crippen LogP contribution in [0, 0.1) is 13.8 Å². The van der Waals surface area contributed by atoms with Gasteiger partial charge in [0.05, 0.1) is 11.4 Å². The highest BCUT2D eigenvalue weighted by atomic mass is 16.1. The zero-order chi connectivity index (χ0) is 14.9. The lowest BCUT2D eigenvalue weighted by Gasteiger charge is -2.07. The highest BCUT2D eigenvalue weighted by molar-refractivity contribution is 5.94. The molecule has 0 radical (unpaired) electrons. The third kappa shape index (κ3) is 2.96. The van der Waals surface area contributed by atoms with Crippen molar-refractivity contribution in [2.75, 3.05) is 0 Å². The first-order chi connectivity index (χ1) is 9.36. The fraction of sp³-hybridized carbons (Fsp3) is 0.250. The van der Waals surface area contributed by atoms with Gasteiger partial charge in [0, 0.05) is 13.8 Å². The molecule has 0 fully saturated rings. The van der Waals surface area contributed by atoms with Crippen LogP contribution in [0.4, 0.5) is 0 Å². The Morgan fingerprint density at radius 3 is 1.40 bits per heavy atom. The van der Waals surface area contributed by atoms with Crippen LogP contribution in [0.3, 0.4) is 0 Å². The van der Waals surface area contributed by atoms with Gasteiger partial charge in [0.2, 0.25) is 0 Å². The summed E-state index contributed by atoms with van der Waals surface area (Å²) >= 11 is 0. The molecule has 4 nitrogen and oxygen atoms in total. The number of ketones is 2. The van der Waals surface area contributed by atoms with Gasteiger partial charge in [-0.1, -0.05) is 0 Å². The van der Waals surface area contributed by atoms with Crippen molar-refractivity contribution in [3.05, 3.63) is 46.8 Å². The van der Waals surface area contributed by atoms with E-state index in [-0.39, 0.29) is 11.6 Å². The third-order valence-electron chi connectivity index (χ3n) is 2.92. The topological polar surface area (TPSA) is 59.9 Å². The number of aryl methyl sites for hydroxylation is 2. The summed E-state index contributed by atoms with van der Waals surface area (Å²) in [6.45, 7) is 6.77. The molecule has 0 saturated carbocycles. The second-order valence-electron chi connectivity index (χ2n) is 4.94. The zero-order valence-corrected chi connectivity index (χ0v) is 12.0. The van der Waals surface area contributed by atoms with Crippen molar-refractivity contribution in [3.63, 3.8) is 0 Å². The molecule has 0 aliphatic carbocycles. The average molecular weight is 268 g/mol. The predicted octanol–water partition coefficient (Wildman–Crippen LogP) is 3.17. The molecule has 0 atom stereocenters. The van der Waals surface area contributed by atoms with Gasteiger partial charge in [-0.2, -0.15) is 0 Å². The number of nitrogens with zero attached hydrogens (tertiary/aromatic N) is 2. The monoisotopic (exact) mass is 268 g/mol. The molecule has 2 heterocycles. The van der Waals surface area contributed by atoms with Gasteiger partial charge in [0.25, 0.3) is 0 Å². The second-order valence-corrected chi connectivity index (χ2v) is 4.94. The Hall–Kier alpha value is -2.36. The maximum Gasteiger partial charge on any atom is 0.178 e. The van der Waals surface area contributed by atoms with Crippen molar-refractivity contribution >= 4 is 11.6 Å². The first-order valence-electron chi connectivity index (χ1n) is 6.36. The van der Waals surface area contributed by atoms with Crippen LogP contribution in [0.1, 0.15) is 46.0 Å². The van der Waals surface area contributed by atoms with Gasteiger partial charge in [-0.05, 0) is 49.2 Å². The quantitative estimate of drug-likeness (QED) is 0.802. The molecule has 0 amide bonds. The Kier molecular flexibility index (Phi) is 3.74. The summed E-state index contributed by atoms with van der Waals surface area (Å²) in [5.74, 6) is -0.177. The lowest BCUT2D eigenvalue weighted by atomic mass is 10.1. The van der Waals surface area contributed by atoms with E-state index in [9.17, 15) is 9.59 Å². The molecule has 0 saturated heterocycles. The Morgan fingerprint density at radius 1 is 0.750 bits per heavy atom. The summed E-state index contributed by atoms with van der Waals surface area (Å²) in [7, 11) is 0. The molecular formula is C16H16N2O2. The number of hydrogen-bond donors (Lipinski definition) is 0. The minimum absolute atomic E-state index is 0.0885. The molecule has 0 aliphatic rings. The van der Waals surface area contributed by atoms with E-state index in [4.69, 9.17) is 0 Å². The molecule has 0 aliphatic heterocycles. The van der Waals surface area contributed by atoms with E-state index in [1.54, 1.807) is 12.1 Å². The fourth-order valence-electron chi connectivity index (χ4n) is 1.96. The van der Waals surface area contributed by atoms with Crippen LogP contribution in [0.5, 0.6) is 0 Å². The maximum absolute atomic E-state index is 11.5. The molecule has 0 unspecified atom stereocenters. The molecule has 2 aromatic rings. The van der Waals surface area contributed by atoms with Crippen LogP contribution >= 0.6 is 0 Å². The molecule has 2 aromatic heterocycles. The molecule has 4 heteroatoms. The third-order valence-corrected chi connectivity index (χ3v) is 2.92. The van der Waals surface area contributed by atoms with Crippen molar-refractivity contribution in [1.82, 2.24) is 9.97 Å². The molecule has 0 aromatic carbocycles. The lowest BCUT2D eigenvalue weighted by molar-refractivity contribution is 0.1000. The van der Waals surface area contributed by atoms with Crippen LogP contribution in [0.15, 0.2) is 24.3 Å². The van der Waals surface area contributed by atoms with Gasteiger partial charge in [-0.3, -0.25) is 9.59 Å². The van der Waals surface area contributed by atoms with Crippen LogP contribution in [-0.4, -0.2) is 21.5 Å². The van der Waals surface area contributed by atoms with Gasteiger partial charge >= 0.3 is 0 Å². The summed E-state index contributed by atoms with van der Waals surface area (Å²) in [6, 6.07) is 7.21. The SMILES string of the molecule is CC(=O)c1cc(C)cc(-c2cc(C)cc(C(C)=O)n2)n1. The average Bonchev–Trinajstić information content (AvgIpc) is 2.37. The number of carbonyl (C=O) groups is 2. The minimum atomic E-state index is -0.0885. The van der Waals surface area contributed by atoms with Gasteiger partial charge in [0.1, 0.15) is 11.4 Å². The van der Waals surface area contributed by atoms with Gasteiger partial charge in [-0.15, -0.1) is 0 Å². The molecule has 0 spiro atoms. The van der Waals surface area contributed by atoms with Crippen molar-refractivity contribution in [2.24, 2.45) is 0 Å². The molecule has 2 rings (SSSR count). The number of aromatic nitrogens is 2. The fourth-order valence-corrected chi connectivity index (χ4v) is 1.96. The largest absolute Gasteiger partial charge is 0.293 e. The number of Topliss-reactive ketones (excluding diaryl/α,β-unsaturated/α-hetero) is 2. The van der Waals surface area contributed by atoms with E-state index in [1.165, 1.54) is 13.8 Å². The number of pyridine rings is 2. The maximum atomic E-state index is 11.5. The van der Waals surface area contributed by atoms with E-state index in [2.05, 4.69) is 9.97 Å². The molecule has 0 bridgehead atoms. The Balaban J connectivity index is 2.62. The minimum Gasteiger partial charge on any atom is -0.293 e. The molecular weight excluding hydrogens is 252 g/mol. The second kappa shape index (κ2) is 5.33. The first kappa shape index (κ1) is 14.1. The van der Waals surface area contributed by atoms with E-state index in [0.29, 0.717) is 22.8 Å². The molecule has 20 heavy (non-hydrogen) atoms. The van der Waals surface area contributed by atoms with Crippen LogP contribution in [-0.2, 0) is 0 Å². The first-order valence-corrected chi connectivity index (χ1v) is 6.36.